The van der Waals surface area contributed by atoms with Gasteiger partial charge in [-0.15, -0.1) is 0 Å². The van der Waals surface area contributed by atoms with Crippen molar-refractivity contribution in [2.24, 2.45) is 17.8 Å². The van der Waals surface area contributed by atoms with E-state index in [-0.39, 0.29) is 0 Å². The average Bonchev–Trinajstić information content (AvgIpc) is 3.41. The molecule has 3 heterocycles. The van der Waals surface area contributed by atoms with Gasteiger partial charge in [-0.25, -0.2) is 9.97 Å². The number of amides is 1. The van der Waals surface area contributed by atoms with E-state index in [4.69, 9.17) is 4.98 Å². The third-order valence-corrected chi connectivity index (χ3v) is 6.87. The molecule has 0 bridgehead atoms. The van der Waals surface area contributed by atoms with Crippen molar-refractivity contribution in [2.45, 2.75) is 57.4 Å². The second-order valence-electron chi connectivity index (χ2n) is 8.39. The minimum absolute atomic E-state index is 0.318. The van der Waals surface area contributed by atoms with Crippen LogP contribution in [0.4, 0.5) is 0 Å². The number of rotatable bonds is 2. The Bertz CT molecular complexity index is 664. The molecule has 1 aromatic rings. The summed E-state index contributed by atoms with van der Waals surface area (Å²) < 4.78 is 0. The molecule has 3 fully saturated rings. The maximum absolute atomic E-state index is 13.0. The van der Waals surface area contributed by atoms with E-state index in [1.807, 2.05) is 6.20 Å². The van der Waals surface area contributed by atoms with Crippen LogP contribution in [0.2, 0.25) is 0 Å². The van der Waals surface area contributed by atoms with Gasteiger partial charge >= 0.3 is 0 Å². The summed E-state index contributed by atoms with van der Waals surface area (Å²) in [5.41, 5.74) is 2.45. The molecule has 1 aromatic heterocycles. The molecule has 134 valence electrons. The molecule has 1 amide bonds. The third-order valence-electron chi connectivity index (χ3n) is 6.87. The van der Waals surface area contributed by atoms with Crippen molar-refractivity contribution in [1.82, 2.24) is 20.2 Å². The Kier molecular flexibility index (Phi) is 4.00. The Morgan fingerprint density at radius 1 is 1.16 bits per heavy atom. The quantitative estimate of drug-likeness (QED) is 0.897. The van der Waals surface area contributed by atoms with E-state index in [9.17, 15) is 4.79 Å². The zero-order valence-corrected chi connectivity index (χ0v) is 14.9. The zero-order chi connectivity index (χ0) is 16.8. The van der Waals surface area contributed by atoms with E-state index >= 15 is 0 Å². The van der Waals surface area contributed by atoms with Crippen LogP contribution < -0.4 is 5.32 Å². The second-order valence-corrected chi connectivity index (χ2v) is 8.39. The maximum atomic E-state index is 13.0. The molecule has 0 radical (unpaired) electrons. The number of hydrogen-bond acceptors (Lipinski definition) is 4. The van der Waals surface area contributed by atoms with Gasteiger partial charge in [-0.05, 0) is 37.5 Å². The fourth-order valence-electron chi connectivity index (χ4n) is 5.41. The fraction of sp³-hybridized carbons (Fsp3) is 0.750. The zero-order valence-electron chi connectivity index (χ0n) is 14.9. The number of carbonyl (C=O) groups is 1. The van der Waals surface area contributed by atoms with Crippen molar-refractivity contribution in [2.75, 3.05) is 19.6 Å². The van der Waals surface area contributed by atoms with Gasteiger partial charge in [0.15, 0.2) is 0 Å². The van der Waals surface area contributed by atoms with Gasteiger partial charge in [0.2, 0.25) is 5.91 Å². The number of aromatic nitrogens is 2. The number of nitrogens with one attached hydrogen (secondary N) is 1. The van der Waals surface area contributed by atoms with E-state index < -0.39 is 0 Å². The number of piperidine rings is 1. The monoisotopic (exact) mass is 340 g/mol. The average molecular weight is 340 g/mol. The van der Waals surface area contributed by atoms with Crippen LogP contribution in [0.25, 0.3) is 0 Å². The van der Waals surface area contributed by atoms with Crippen molar-refractivity contribution < 1.29 is 4.79 Å². The van der Waals surface area contributed by atoms with Crippen molar-refractivity contribution in [3.05, 3.63) is 23.3 Å². The molecule has 0 unspecified atom stereocenters. The molecular weight excluding hydrogens is 312 g/mol. The van der Waals surface area contributed by atoms with Gasteiger partial charge in [-0.3, -0.25) is 4.79 Å². The molecule has 25 heavy (non-hydrogen) atoms. The summed E-state index contributed by atoms with van der Waals surface area (Å²) in [6, 6.07) is 0. The van der Waals surface area contributed by atoms with Crippen LogP contribution in [0.1, 0.15) is 61.5 Å². The van der Waals surface area contributed by atoms with Crippen LogP contribution >= 0.6 is 0 Å². The molecule has 5 nitrogen and oxygen atoms in total. The summed E-state index contributed by atoms with van der Waals surface area (Å²) in [7, 11) is 0. The van der Waals surface area contributed by atoms with Crippen LogP contribution in [-0.2, 0) is 17.8 Å². The highest BCUT2D eigenvalue weighted by molar-refractivity contribution is 5.82. The van der Waals surface area contributed by atoms with E-state index in [1.165, 1.54) is 36.9 Å². The van der Waals surface area contributed by atoms with E-state index in [0.29, 0.717) is 29.6 Å². The lowest BCUT2D eigenvalue weighted by Gasteiger charge is -2.32. The lowest BCUT2D eigenvalue weighted by molar-refractivity contribution is -0.134. The number of carbonyl (C=O) groups excluding carboxylic acids is 1. The molecule has 3 atom stereocenters. The first-order valence-electron chi connectivity index (χ1n) is 10.2. The highest BCUT2D eigenvalue weighted by Crippen LogP contribution is 2.56. The third kappa shape index (κ3) is 2.86. The van der Waals surface area contributed by atoms with Crippen LogP contribution in [0.5, 0.6) is 0 Å². The Morgan fingerprint density at radius 3 is 2.84 bits per heavy atom. The minimum Gasteiger partial charge on any atom is -0.342 e. The molecule has 2 aliphatic heterocycles. The maximum Gasteiger partial charge on any atom is 0.226 e. The van der Waals surface area contributed by atoms with E-state index in [2.05, 4.69) is 15.2 Å². The molecule has 1 N–H and O–H groups in total. The van der Waals surface area contributed by atoms with Gasteiger partial charge in [-0.1, -0.05) is 12.8 Å². The molecule has 5 heteroatoms. The molecule has 2 saturated carbocycles. The lowest BCUT2D eigenvalue weighted by Crippen LogP contribution is -2.41. The van der Waals surface area contributed by atoms with Crippen LogP contribution in [0, 0.1) is 17.8 Å². The SMILES string of the molecule is O=C(C1[C@@H]2CCCC[C@@H]12)N1CCC[C@@H](c2ncc3c(n2)CCNC3)C1. The molecule has 2 aliphatic carbocycles. The predicted molar refractivity (Wildman–Crippen MR) is 94.9 cm³/mol. The Labute approximate surface area is 149 Å². The van der Waals surface area contributed by atoms with Gasteiger partial charge in [-0.2, -0.15) is 0 Å². The normalized spacial score (nSPS) is 34.2. The highest BCUT2D eigenvalue weighted by Gasteiger charge is 2.56. The minimum atomic E-state index is 0.318. The second kappa shape index (κ2) is 6.35. The molecule has 5 rings (SSSR count). The van der Waals surface area contributed by atoms with Crippen LogP contribution in [0.15, 0.2) is 6.20 Å². The fourth-order valence-corrected chi connectivity index (χ4v) is 5.41. The Morgan fingerprint density at radius 2 is 2.00 bits per heavy atom. The summed E-state index contributed by atoms with van der Waals surface area (Å²) >= 11 is 0. The van der Waals surface area contributed by atoms with Gasteiger partial charge in [0, 0.05) is 61.9 Å². The largest absolute Gasteiger partial charge is 0.342 e. The Hall–Kier alpha value is -1.49. The first-order valence-corrected chi connectivity index (χ1v) is 10.2. The standard InChI is InChI=1S/C20H28N4O/c25-20(18-15-5-1-2-6-16(15)18)24-9-3-4-13(12-24)19-22-11-14-10-21-8-7-17(14)23-19/h11,13,15-16,18,21H,1-10,12H2/t13-,15-,16-/m1/s1. The van der Waals surface area contributed by atoms with Gasteiger partial charge in [0.1, 0.15) is 5.82 Å². The van der Waals surface area contributed by atoms with Gasteiger partial charge in [0.05, 0.1) is 0 Å². The van der Waals surface area contributed by atoms with Crippen molar-refractivity contribution in [3.63, 3.8) is 0 Å². The first kappa shape index (κ1) is 15.7. The van der Waals surface area contributed by atoms with Crippen molar-refractivity contribution >= 4 is 5.91 Å². The smallest absolute Gasteiger partial charge is 0.226 e. The van der Waals surface area contributed by atoms with Crippen LogP contribution in [-0.4, -0.2) is 40.4 Å². The number of fused-ring (bicyclic) bond motifs is 2. The number of likely N-dealkylation sites (tertiary alicyclic amines) is 1. The summed E-state index contributed by atoms with van der Waals surface area (Å²) in [4.78, 5) is 24.7. The molecular formula is C20H28N4O. The van der Waals surface area contributed by atoms with Crippen molar-refractivity contribution in [3.8, 4) is 0 Å². The molecule has 0 spiro atoms. The summed E-state index contributed by atoms with van der Waals surface area (Å²) in [5, 5.41) is 3.37. The molecule has 4 aliphatic rings. The molecule has 0 aromatic carbocycles. The summed E-state index contributed by atoms with van der Waals surface area (Å²) in [6.07, 6.45) is 10.4. The highest BCUT2D eigenvalue weighted by atomic mass is 16.2. The van der Waals surface area contributed by atoms with Crippen LogP contribution in [0.3, 0.4) is 0 Å². The first-order chi connectivity index (χ1) is 12.3. The summed E-state index contributed by atoms with van der Waals surface area (Å²) in [6.45, 7) is 3.64. The molecule has 1 saturated heterocycles. The Balaban J connectivity index is 1.29. The number of nitrogens with zero attached hydrogens (tertiary/aromatic N) is 3. The van der Waals surface area contributed by atoms with Crippen molar-refractivity contribution in [1.29, 1.82) is 0 Å². The van der Waals surface area contributed by atoms with E-state index in [1.54, 1.807) is 0 Å². The predicted octanol–water partition coefficient (Wildman–Crippen LogP) is 2.26. The lowest BCUT2D eigenvalue weighted by atomic mass is 9.96. The number of hydrogen-bond donors (Lipinski definition) is 1. The van der Waals surface area contributed by atoms with Gasteiger partial charge in [0.25, 0.3) is 0 Å². The van der Waals surface area contributed by atoms with E-state index in [0.717, 1.165) is 51.3 Å². The van der Waals surface area contributed by atoms with Gasteiger partial charge < -0.3 is 10.2 Å². The topological polar surface area (TPSA) is 58.1 Å². The summed E-state index contributed by atoms with van der Waals surface area (Å²) in [5.74, 6) is 3.47.